The van der Waals surface area contributed by atoms with Crippen LogP contribution in [0.1, 0.15) is 28.6 Å². The Hall–Kier alpha value is -2.15. The summed E-state index contributed by atoms with van der Waals surface area (Å²) in [6, 6.07) is 1.78. The summed E-state index contributed by atoms with van der Waals surface area (Å²) in [5, 5.41) is 11.1. The normalized spacial score (nSPS) is 27.9. The summed E-state index contributed by atoms with van der Waals surface area (Å²) < 4.78 is 0. The highest BCUT2D eigenvalue weighted by atomic mass is 32.1. The zero-order chi connectivity index (χ0) is 16.6. The number of hydrazine groups is 1. The van der Waals surface area contributed by atoms with E-state index in [1.165, 1.54) is 11.3 Å². The van der Waals surface area contributed by atoms with Crippen molar-refractivity contribution in [2.45, 2.75) is 19.8 Å². The van der Waals surface area contributed by atoms with Crippen LogP contribution in [0.3, 0.4) is 0 Å². The van der Waals surface area contributed by atoms with Gasteiger partial charge in [-0.25, -0.2) is 0 Å². The van der Waals surface area contributed by atoms with Gasteiger partial charge in [0.2, 0.25) is 5.91 Å². The van der Waals surface area contributed by atoms with Crippen LogP contribution in [0.4, 0.5) is 0 Å². The lowest BCUT2D eigenvalue weighted by atomic mass is 9.82. The number of thiophene rings is 1. The highest BCUT2D eigenvalue weighted by Crippen LogP contribution is 2.48. The molecule has 3 N–H and O–H groups in total. The van der Waals surface area contributed by atoms with E-state index in [1.54, 1.807) is 11.4 Å². The Balaban J connectivity index is 1.62. The van der Waals surface area contributed by atoms with Gasteiger partial charge in [0.25, 0.3) is 5.91 Å². The van der Waals surface area contributed by atoms with E-state index in [-0.39, 0.29) is 17.7 Å². The van der Waals surface area contributed by atoms with Crippen molar-refractivity contribution in [3.63, 3.8) is 0 Å². The molecule has 0 unspecified atom stereocenters. The fourth-order valence-electron chi connectivity index (χ4n) is 3.48. The molecule has 2 aliphatic rings. The summed E-state index contributed by atoms with van der Waals surface area (Å²) in [7, 11) is 0. The first-order valence-electron chi connectivity index (χ1n) is 7.60. The van der Waals surface area contributed by atoms with Crippen LogP contribution in [0.5, 0.6) is 0 Å². The standard InChI is InChI=1S/C16H18N2O4S/c1-2-11-6-10(7-23-11)14(19)17-18-15(20)12-8-3-4-9(5-8)13(12)16(21)22/h3-4,6-9,12-13H,2,5H2,1H3,(H,17,19)(H,18,20)(H,21,22)/t8-,9-,12-,13+/m0/s1. The average Bonchev–Trinajstić information content (AvgIpc) is 3.25. The summed E-state index contributed by atoms with van der Waals surface area (Å²) in [4.78, 5) is 36.8. The molecule has 0 aromatic carbocycles. The van der Waals surface area contributed by atoms with Gasteiger partial charge in [-0.3, -0.25) is 25.2 Å². The second-order valence-electron chi connectivity index (χ2n) is 5.94. The van der Waals surface area contributed by atoms with Gasteiger partial charge in [-0.2, -0.15) is 0 Å². The Labute approximate surface area is 137 Å². The first-order valence-corrected chi connectivity index (χ1v) is 8.48. The minimum atomic E-state index is -0.959. The van der Waals surface area contributed by atoms with E-state index >= 15 is 0 Å². The van der Waals surface area contributed by atoms with Gasteiger partial charge in [-0.05, 0) is 30.7 Å². The Kier molecular flexibility index (Phi) is 4.21. The molecule has 1 aromatic heterocycles. The molecule has 0 radical (unpaired) electrons. The first-order chi connectivity index (χ1) is 11.0. The third kappa shape index (κ3) is 2.88. The summed E-state index contributed by atoms with van der Waals surface area (Å²) in [5.41, 5.74) is 5.27. The molecular weight excluding hydrogens is 316 g/mol. The van der Waals surface area contributed by atoms with Gasteiger partial charge in [-0.1, -0.05) is 19.1 Å². The number of carbonyl (C=O) groups is 3. The third-order valence-corrected chi connectivity index (χ3v) is 5.69. The number of carboxylic acid groups (broad SMARTS) is 1. The maximum Gasteiger partial charge on any atom is 0.307 e. The van der Waals surface area contributed by atoms with Crippen LogP contribution in [0.25, 0.3) is 0 Å². The number of hydrogen-bond donors (Lipinski definition) is 3. The number of nitrogens with one attached hydrogen (secondary N) is 2. The topological polar surface area (TPSA) is 95.5 Å². The fraction of sp³-hybridized carbons (Fsp3) is 0.438. The molecule has 2 bridgehead atoms. The Morgan fingerprint density at radius 3 is 2.52 bits per heavy atom. The maximum atomic E-state index is 12.3. The molecule has 2 aliphatic carbocycles. The number of fused-ring (bicyclic) bond motifs is 2. The molecule has 6 nitrogen and oxygen atoms in total. The zero-order valence-corrected chi connectivity index (χ0v) is 13.4. The maximum absolute atomic E-state index is 12.3. The van der Waals surface area contributed by atoms with Crippen molar-refractivity contribution in [3.8, 4) is 0 Å². The van der Waals surface area contributed by atoms with Crippen molar-refractivity contribution in [3.05, 3.63) is 34.0 Å². The van der Waals surface area contributed by atoms with E-state index in [2.05, 4.69) is 10.9 Å². The summed E-state index contributed by atoms with van der Waals surface area (Å²) >= 11 is 1.49. The van der Waals surface area contributed by atoms with E-state index in [1.807, 2.05) is 19.1 Å². The van der Waals surface area contributed by atoms with Crippen molar-refractivity contribution in [2.75, 3.05) is 0 Å². The summed E-state index contributed by atoms with van der Waals surface area (Å²) in [5.74, 6) is -3.28. The number of aliphatic carboxylic acids is 1. The Morgan fingerprint density at radius 2 is 1.91 bits per heavy atom. The number of carbonyl (C=O) groups excluding carboxylic acids is 2. The second-order valence-corrected chi connectivity index (χ2v) is 6.93. The SMILES string of the molecule is CCc1cc(C(=O)NNC(=O)[C@@H]2[C@H](C(=O)O)[C@H]3C=C[C@H]2C3)cs1. The van der Waals surface area contributed by atoms with Crippen LogP contribution in [0, 0.1) is 23.7 Å². The Bertz CT molecular complexity index is 681. The molecule has 7 heteroatoms. The lowest BCUT2D eigenvalue weighted by Crippen LogP contribution is -2.48. The summed E-state index contributed by atoms with van der Waals surface area (Å²) in [6.45, 7) is 2.00. The van der Waals surface area contributed by atoms with Crippen LogP contribution in [-0.4, -0.2) is 22.9 Å². The smallest absolute Gasteiger partial charge is 0.307 e. The molecule has 0 saturated heterocycles. The van der Waals surface area contributed by atoms with Crippen LogP contribution >= 0.6 is 11.3 Å². The fourth-order valence-corrected chi connectivity index (χ4v) is 4.29. The highest BCUT2D eigenvalue weighted by Gasteiger charge is 2.51. The molecule has 0 aliphatic heterocycles. The average molecular weight is 334 g/mol. The minimum absolute atomic E-state index is 0.0640. The number of allylic oxidation sites excluding steroid dienone is 2. The molecule has 122 valence electrons. The molecule has 1 heterocycles. The van der Waals surface area contributed by atoms with Gasteiger partial charge < -0.3 is 5.11 Å². The van der Waals surface area contributed by atoms with Crippen molar-refractivity contribution >= 4 is 29.1 Å². The van der Waals surface area contributed by atoms with Crippen LogP contribution in [0.2, 0.25) is 0 Å². The number of aryl methyl sites for hydroxylation is 1. The number of carboxylic acids is 1. The number of rotatable bonds is 4. The molecule has 0 spiro atoms. The van der Waals surface area contributed by atoms with Gasteiger partial charge in [-0.15, -0.1) is 11.3 Å². The van der Waals surface area contributed by atoms with Crippen molar-refractivity contribution in [1.82, 2.24) is 10.9 Å². The molecule has 4 atom stereocenters. The number of hydrogen-bond acceptors (Lipinski definition) is 4. The van der Waals surface area contributed by atoms with Gasteiger partial charge in [0.15, 0.2) is 0 Å². The van der Waals surface area contributed by atoms with Gasteiger partial charge in [0, 0.05) is 10.3 Å². The highest BCUT2D eigenvalue weighted by molar-refractivity contribution is 7.10. The Morgan fingerprint density at radius 1 is 1.22 bits per heavy atom. The largest absolute Gasteiger partial charge is 0.481 e. The molecule has 1 fully saturated rings. The molecular formula is C16H18N2O4S. The van der Waals surface area contributed by atoms with Crippen molar-refractivity contribution < 1.29 is 19.5 Å². The van der Waals surface area contributed by atoms with E-state index in [4.69, 9.17) is 0 Å². The van der Waals surface area contributed by atoms with Crippen LogP contribution < -0.4 is 10.9 Å². The predicted molar refractivity (Wildman–Crippen MR) is 84.7 cm³/mol. The third-order valence-electron chi connectivity index (χ3n) is 4.61. The zero-order valence-electron chi connectivity index (χ0n) is 12.6. The summed E-state index contributed by atoms with van der Waals surface area (Å²) in [6.07, 6.45) is 5.32. The minimum Gasteiger partial charge on any atom is -0.481 e. The quantitative estimate of drug-likeness (QED) is 0.575. The second kappa shape index (κ2) is 6.16. The van der Waals surface area contributed by atoms with Crippen molar-refractivity contribution in [1.29, 1.82) is 0 Å². The molecule has 23 heavy (non-hydrogen) atoms. The first kappa shape index (κ1) is 15.7. The monoisotopic (exact) mass is 334 g/mol. The molecule has 1 aromatic rings. The van der Waals surface area contributed by atoms with E-state index in [0.717, 1.165) is 11.3 Å². The van der Waals surface area contributed by atoms with E-state index in [0.29, 0.717) is 12.0 Å². The molecule has 2 amide bonds. The predicted octanol–water partition coefficient (Wildman–Crippen LogP) is 1.59. The van der Waals surface area contributed by atoms with Gasteiger partial charge in [0.1, 0.15) is 0 Å². The van der Waals surface area contributed by atoms with E-state index < -0.39 is 23.7 Å². The van der Waals surface area contributed by atoms with Gasteiger partial charge >= 0.3 is 5.97 Å². The van der Waals surface area contributed by atoms with E-state index in [9.17, 15) is 19.5 Å². The molecule has 1 saturated carbocycles. The van der Waals surface area contributed by atoms with Crippen molar-refractivity contribution in [2.24, 2.45) is 23.7 Å². The lowest BCUT2D eigenvalue weighted by molar-refractivity contribution is -0.148. The molecule has 3 rings (SSSR count). The number of amides is 2. The van der Waals surface area contributed by atoms with Crippen LogP contribution in [-0.2, 0) is 16.0 Å². The lowest BCUT2D eigenvalue weighted by Gasteiger charge is -2.23. The van der Waals surface area contributed by atoms with Crippen LogP contribution in [0.15, 0.2) is 23.6 Å². The van der Waals surface area contributed by atoms with Gasteiger partial charge in [0.05, 0.1) is 17.4 Å².